The summed E-state index contributed by atoms with van der Waals surface area (Å²) < 4.78 is 5.09. The quantitative estimate of drug-likeness (QED) is 0.695. The summed E-state index contributed by atoms with van der Waals surface area (Å²) in [6.45, 7) is 0.0155. The maximum Gasteiger partial charge on any atom is 0.157 e. The molecule has 0 heterocycles. The van der Waals surface area contributed by atoms with Crippen molar-refractivity contribution in [1.82, 2.24) is 5.32 Å². The summed E-state index contributed by atoms with van der Waals surface area (Å²) in [6, 6.07) is 6.94. The van der Waals surface area contributed by atoms with Crippen molar-refractivity contribution in [3.05, 3.63) is 29.8 Å². The second-order valence-corrected chi connectivity index (χ2v) is 4.03. The molecule has 0 aliphatic rings. The minimum atomic E-state index is -0.264. The molecule has 2 N–H and O–H groups in total. The number of hydrogen-bond acceptors (Lipinski definition) is 6. The number of aliphatic hydroxyl groups excluding tert-OH is 1. The molecule has 0 aromatic heterocycles. The highest BCUT2D eigenvalue weighted by Crippen LogP contribution is 2.21. The molecule has 0 spiro atoms. The van der Waals surface area contributed by atoms with Crippen LogP contribution in [0.15, 0.2) is 24.3 Å². The molecular weight excluding hydrogens is 286 g/mol. The van der Waals surface area contributed by atoms with Gasteiger partial charge in [0.1, 0.15) is 24.9 Å². The van der Waals surface area contributed by atoms with Gasteiger partial charge in [-0.1, -0.05) is 12.1 Å². The normalized spacial score (nSPS) is 10.0. The Morgan fingerprint density at radius 1 is 1.09 bits per heavy atom. The standard InChI is InChI=1S/C13H14O4.C2H7N.CH4O/c14-7-1-2-12(10-16)11-3-5-13(6-4-11)17-9-8-15;1-3-2;1-2/h3-8,10,12H,1-2,9H2;3H,1-2H3;2H,1H3. The van der Waals surface area contributed by atoms with E-state index in [-0.39, 0.29) is 12.5 Å². The van der Waals surface area contributed by atoms with E-state index in [0.29, 0.717) is 24.9 Å². The molecule has 0 aliphatic heterocycles. The summed E-state index contributed by atoms with van der Waals surface area (Å²) in [5, 5.41) is 9.75. The van der Waals surface area contributed by atoms with Crippen LogP contribution in [0.2, 0.25) is 0 Å². The number of nitrogens with one attached hydrogen (secondary N) is 1. The Kier molecular flexibility index (Phi) is 17.2. The number of carbonyl (C=O) groups excluding carboxylic acids is 3. The van der Waals surface area contributed by atoms with Crippen molar-refractivity contribution < 1.29 is 24.2 Å². The van der Waals surface area contributed by atoms with E-state index in [1.54, 1.807) is 24.3 Å². The topological polar surface area (TPSA) is 92.7 Å². The van der Waals surface area contributed by atoms with E-state index in [1.165, 1.54) is 0 Å². The van der Waals surface area contributed by atoms with E-state index in [2.05, 4.69) is 5.32 Å². The van der Waals surface area contributed by atoms with Crippen molar-refractivity contribution in [2.45, 2.75) is 18.8 Å². The predicted molar refractivity (Wildman–Crippen MR) is 85.2 cm³/mol. The molecule has 6 nitrogen and oxygen atoms in total. The molecule has 6 heteroatoms. The average Bonchev–Trinajstić information content (AvgIpc) is 2.57. The van der Waals surface area contributed by atoms with Gasteiger partial charge in [0.2, 0.25) is 0 Å². The first-order chi connectivity index (χ1) is 10.7. The van der Waals surface area contributed by atoms with Gasteiger partial charge in [0.25, 0.3) is 0 Å². The molecule has 0 saturated heterocycles. The number of aliphatic hydroxyl groups is 1. The molecule has 1 unspecified atom stereocenters. The highest BCUT2D eigenvalue weighted by Gasteiger charge is 2.09. The lowest BCUT2D eigenvalue weighted by molar-refractivity contribution is -0.110. The fourth-order valence-corrected chi connectivity index (χ4v) is 1.50. The second-order valence-electron chi connectivity index (χ2n) is 4.03. The lowest BCUT2D eigenvalue weighted by atomic mass is 9.96. The van der Waals surface area contributed by atoms with Crippen LogP contribution in [0.3, 0.4) is 0 Å². The van der Waals surface area contributed by atoms with Crippen molar-refractivity contribution in [2.24, 2.45) is 0 Å². The number of rotatable bonds is 8. The molecule has 1 aromatic rings. The predicted octanol–water partition coefficient (Wildman–Crippen LogP) is 0.970. The van der Waals surface area contributed by atoms with Crippen LogP contribution in [0.25, 0.3) is 0 Å². The van der Waals surface area contributed by atoms with E-state index >= 15 is 0 Å². The molecule has 0 bridgehead atoms. The molecule has 0 fully saturated rings. The van der Waals surface area contributed by atoms with Crippen LogP contribution < -0.4 is 10.1 Å². The largest absolute Gasteiger partial charge is 0.486 e. The van der Waals surface area contributed by atoms with Gasteiger partial charge in [0.15, 0.2) is 6.29 Å². The minimum absolute atomic E-state index is 0.0155. The van der Waals surface area contributed by atoms with Crippen LogP contribution in [0.1, 0.15) is 24.3 Å². The molecule has 0 aliphatic carbocycles. The lowest BCUT2D eigenvalue weighted by Gasteiger charge is -2.09. The van der Waals surface area contributed by atoms with Gasteiger partial charge >= 0.3 is 0 Å². The SMILES string of the molecule is CNC.CO.O=CCCC(C=O)c1ccc(OCC=O)cc1. The molecular formula is C16H25NO5. The third-order valence-electron chi connectivity index (χ3n) is 2.39. The van der Waals surface area contributed by atoms with Gasteiger partial charge in [0, 0.05) is 19.4 Å². The molecule has 124 valence electrons. The number of hydrogen-bond donors (Lipinski definition) is 2. The smallest absolute Gasteiger partial charge is 0.157 e. The van der Waals surface area contributed by atoms with E-state index < -0.39 is 0 Å². The summed E-state index contributed by atoms with van der Waals surface area (Å²) in [4.78, 5) is 31.2. The van der Waals surface area contributed by atoms with Gasteiger partial charge in [-0.2, -0.15) is 0 Å². The van der Waals surface area contributed by atoms with Crippen LogP contribution in [-0.4, -0.2) is 51.8 Å². The van der Waals surface area contributed by atoms with Gasteiger partial charge in [-0.15, -0.1) is 0 Å². The van der Waals surface area contributed by atoms with Crippen LogP contribution in [0.4, 0.5) is 0 Å². The van der Waals surface area contributed by atoms with Crippen molar-refractivity contribution in [3.8, 4) is 5.75 Å². The Bertz CT molecular complexity index is 392. The minimum Gasteiger partial charge on any atom is -0.486 e. The van der Waals surface area contributed by atoms with Crippen molar-refractivity contribution in [3.63, 3.8) is 0 Å². The first-order valence-electron chi connectivity index (χ1n) is 6.82. The summed E-state index contributed by atoms with van der Waals surface area (Å²) in [5.41, 5.74) is 0.848. The first kappa shape index (κ1) is 22.2. The van der Waals surface area contributed by atoms with E-state index in [9.17, 15) is 14.4 Å². The number of carbonyl (C=O) groups is 3. The van der Waals surface area contributed by atoms with Gasteiger partial charge in [-0.05, 0) is 38.2 Å². The van der Waals surface area contributed by atoms with Gasteiger partial charge in [0.05, 0.1) is 0 Å². The molecule has 1 aromatic carbocycles. The number of benzene rings is 1. The highest BCUT2D eigenvalue weighted by atomic mass is 16.5. The van der Waals surface area contributed by atoms with Gasteiger partial charge < -0.3 is 24.7 Å². The second kappa shape index (κ2) is 17.0. The van der Waals surface area contributed by atoms with Crippen molar-refractivity contribution >= 4 is 18.9 Å². The number of aldehydes is 3. The average molecular weight is 311 g/mol. The van der Waals surface area contributed by atoms with E-state index in [0.717, 1.165) is 25.2 Å². The Hall–Kier alpha value is -2.05. The maximum atomic E-state index is 10.9. The molecule has 1 rings (SSSR count). The Morgan fingerprint density at radius 3 is 2.05 bits per heavy atom. The zero-order valence-corrected chi connectivity index (χ0v) is 13.3. The van der Waals surface area contributed by atoms with Crippen LogP contribution >= 0.6 is 0 Å². The molecule has 0 saturated carbocycles. The third-order valence-corrected chi connectivity index (χ3v) is 2.39. The summed E-state index contributed by atoms with van der Waals surface area (Å²) in [7, 11) is 4.75. The third kappa shape index (κ3) is 10.7. The molecule has 1 atom stereocenters. The molecule has 0 radical (unpaired) electrons. The first-order valence-corrected chi connectivity index (χ1v) is 6.82. The van der Waals surface area contributed by atoms with Crippen molar-refractivity contribution in [2.75, 3.05) is 27.8 Å². The van der Waals surface area contributed by atoms with Crippen LogP contribution in [0, 0.1) is 0 Å². The maximum absolute atomic E-state index is 10.9. The van der Waals surface area contributed by atoms with Crippen LogP contribution in [-0.2, 0) is 14.4 Å². The fourth-order valence-electron chi connectivity index (χ4n) is 1.50. The lowest BCUT2D eigenvalue weighted by Crippen LogP contribution is -2.02. The monoisotopic (exact) mass is 311 g/mol. The fraction of sp³-hybridized carbons (Fsp3) is 0.438. The Labute approximate surface area is 131 Å². The summed E-state index contributed by atoms with van der Waals surface area (Å²) in [5.74, 6) is 0.321. The van der Waals surface area contributed by atoms with E-state index in [1.807, 2.05) is 14.1 Å². The Balaban J connectivity index is 0. The van der Waals surface area contributed by atoms with E-state index in [4.69, 9.17) is 9.84 Å². The summed E-state index contributed by atoms with van der Waals surface area (Å²) in [6.07, 6.45) is 3.20. The zero-order chi connectivity index (χ0) is 17.2. The Morgan fingerprint density at radius 2 is 1.64 bits per heavy atom. The van der Waals surface area contributed by atoms with Crippen LogP contribution in [0.5, 0.6) is 5.75 Å². The van der Waals surface area contributed by atoms with Crippen molar-refractivity contribution in [1.29, 1.82) is 0 Å². The molecule has 0 amide bonds. The highest BCUT2D eigenvalue weighted by molar-refractivity contribution is 5.63. The van der Waals surface area contributed by atoms with Gasteiger partial charge in [-0.3, -0.25) is 4.79 Å². The van der Waals surface area contributed by atoms with Gasteiger partial charge in [-0.25, -0.2) is 0 Å². The summed E-state index contributed by atoms with van der Waals surface area (Å²) >= 11 is 0. The number of ether oxygens (including phenoxy) is 1. The molecule has 22 heavy (non-hydrogen) atoms. The zero-order valence-electron chi connectivity index (χ0n) is 13.3.